The third-order valence-corrected chi connectivity index (χ3v) is 0.903. The van der Waals surface area contributed by atoms with E-state index in [1.807, 2.05) is 23.7 Å². The molecule has 2 N–H and O–H groups in total. The Balaban J connectivity index is 0.000000640. The smallest absolute Gasteiger partial charge is 0.0602 e. The molecule has 1 aromatic carbocycles. The van der Waals surface area contributed by atoms with Gasteiger partial charge in [0.05, 0.1) is 5.69 Å². The van der Waals surface area contributed by atoms with Gasteiger partial charge in [0, 0.05) is 0 Å². The van der Waals surface area contributed by atoms with Crippen molar-refractivity contribution < 1.29 is 9.91 Å². The third-order valence-electron chi connectivity index (χ3n) is 0.903. The molecule has 50 valence electrons. The molecule has 0 aliphatic rings. The van der Waals surface area contributed by atoms with Gasteiger partial charge in [0.15, 0.2) is 0 Å². The minimum absolute atomic E-state index is 0. The maximum Gasteiger partial charge on any atom is 0.0602 e. The molecule has 2 nitrogen and oxygen atoms in total. The summed E-state index contributed by atoms with van der Waals surface area (Å²) < 4.78 is 0. The topological polar surface area (TPSA) is 32.3 Å². The molecule has 1 aromatic rings. The van der Waals surface area contributed by atoms with Crippen molar-refractivity contribution >= 4 is 5.69 Å². The minimum Gasteiger partial charge on any atom is -1.00 e. The average Bonchev–Trinajstić information content (AvgIpc) is 1.90. The predicted octanol–water partition coefficient (Wildman–Crippen LogP) is -1.51. The fraction of sp³-hybridized carbons (Fsp3) is 0. The summed E-state index contributed by atoms with van der Waals surface area (Å²) in [7, 11) is 0. The Morgan fingerprint density at radius 3 is 2.00 bits per heavy atom. The van der Waals surface area contributed by atoms with Crippen molar-refractivity contribution in [2.45, 2.75) is 0 Å². The second-order valence-corrected chi connectivity index (χ2v) is 1.48. The van der Waals surface area contributed by atoms with Crippen LogP contribution in [-0.2, 0) is 0 Å². The molecular formula is C6H7FNO-. The number of benzene rings is 1. The van der Waals surface area contributed by atoms with Gasteiger partial charge in [0.1, 0.15) is 0 Å². The summed E-state index contributed by atoms with van der Waals surface area (Å²) in [6.07, 6.45) is 0. The van der Waals surface area contributed by atoms with Crippen molar-refractivity contribution in [3.05, 3.63) is 30.3 Å². The largest absolute Gasteiger partial charge is 1.00 e. The summed E-state index contributed by atoms with van der Waals surface area (Å²) in [4.78, 5) is 0. The van der Waals surface area contributed by atoms with Crippen LogP contribution < -0.4 is 10.2 Å². The first kappa shape index (κ1) is 7.91. The Morgan fingerprint density at radius 2 is 1.67 bits per heavy atom. The van der Waals surface area contributed by atoms with Crippen molar-refractivity contribution in [3.63, 3.8) is 0 Å². The van der Waals surface area contributed by atoms with Gasteiger partial charge in [-0.1, -0.05) is 18.2 Å². The highest BCUT2D eigenvalue weighted by molar-refractivity contribution is 5.39. The summed E-state index contributed by atoms with van der Waals surface area (Å²) in [5.41, 5.74) is 2.74. The lowest BCUT2D eigenvalue weighted by Gasteiger charge is -1.92. The fourth-order valence-corrected chi connectivity index (χ4v) is 0.513. The number of hydrogen-bond donors (Lipinski definition) is 2. The van der Waals surface area contributed by atoms with E-state index < -0.39 is 0 Å². The molecule has 0 bridgehead atoms. The zero-order chi connectivity index (χ0) is 5.82. The summed E-state index contributed by atoms with van der Waals surface area (Å²) in [5.74, 6) is 0. The molecule has 0 aliphatic heterocycles. The molecule has 0 unspecified atom stereocenters. The Bertz CT molecular complexity index is 154. The predicted molar refractivity (Wildman–Crippen MR) is 31.9 cm³/mol. The van der Waals surface area contributed by atoms with Gasteiger partial charge in [-0.3, -0.25) is 10.7 Å². The van der Waals surface area contributed by atoms with E-state index in [0.29, 0.717) is 5.69 Å². The molecule has 0 amide bonds. The van der Waals surface area contributed by atoms with Crippen LogP contribution in [0.2, 0.25) is 0 Å². The van der Waals surface area contributed by atoms with E-state index in [1.165, 1.54) is 0 Å². The van der Waals surface area contributed by atoms with Crippen LogP contribution in [0.1, 0.15) is 0 Å². The Labute approximate surface area is 52.5 Å². The summed E-state index contributed by atoms with van der Waals surface area (Å²) in [5, 5.41) is 8.29. The van der Waals surface area contributed by atoms with Crippen LogP contribution in [0.5, 0.6) is 0 Å². The van der Waals surface area contributed by atoms with Crippen LogP contribution in [-0.4, -0.2) is 5.21 Å². The highest BCUT2D eigenvalue weighted by Crippen LogP contribution is 2.01. The average molecular weight is 128 g/mol. The van der Waals surface area contributed by atoms with E-state index in [0.717, 1.165) is 0 Å². The van der Waals surface area contributed by atoms with Gasteiger partial charge in [-0.15, -0.1) is 0 Å². The third kappa shape index (κ3) is 2.10. The molecule has 0 aliphatic carbocycles. The van der Waals surface area contributed by atoms with Gasteiger partial charge < -0.3 is 4.70 Å². The first-order valence-corrected chi connectivity index (χ1v) is 2.38. The Hall–Kier alpha value is -1.09. The molecule has 0 saturated heterocycles. The zero-order valence-corrected chi connectivity index (χ0v) is 4.71. The van der Waals surface area contributed by atoms with Gasteiger partial charge in [0.25, 0.3) is 0 Å². The normalized spacial score (nSPS) is 7.67. The van der Waals surface area contributed by atoms with Gasteiger partial charge in [-0.25, -0.2) is 0 Å². The van der Waals surface area contributed by atoms with E-state index in [9.17, 15) is 0 Å². The quantitative estimate of drug-likeness (QED) is 0.451. The van der Waals surface area contributed by atoms with Gasteiger partial charge in [0.2, 0.25) is 0 Å². The van der Waals surface area contributed by atoms with E-state index in [4.69, 9.17) is 5.21 Å². The number of hydrogen-bond acceptors (Lipinski definition) is 2. The lowest BCUT2D eigenvalue weighted by molar-refractivity contribution is -0.00000248. The molecular weight excluding hydrogens is 121 g/mol. The molecule has 1 rings (SSSR count). The second kappa shape index (κ2) is 3.86. The number of halogens is 1. The standard InChI is InChI=1S/C6H7NO.FH/c8-7-6-4-2-1-3-5-6;/h1-5,7-8H;1H/p-1. The van der Waals surface area contributed by atoms with Crippen LogP contribution in [0.25, 0.3) is 0 Å². The number of anilines is 1. The van der Waals surface area contributed by atoms with Crippen molar-refractivity contribution in [2.24, 2.45) is 0 Å². The number of rotatable bonds is 1. The van der Waals surface area contributed by atoms with Crippen LogP contribution in [0, 0.1) is 0 Å². The van der Waals surface area contributed by atoms with Crippen LogP contribution in [0.15, 0.2) is 30.3 Å². The van der Waals surface area contributed by atoms with E-state index in [-0.39, 0.29) is 4.70 Å². The minimum atomic E-state index is 0. The van der Waals surface area contributed by atoms with Crippen LogP contribution >= 0.6 is 0 Å². The maximum absolute atomic E-state index is 8.29. The molecule has 0 fully saturated rings. The Morgan fingerprint density at radius 1 is 1.11 bits per heavy atom. The number of para-hydroxylation sites is 1. The lowest BCUT2D eigenvalue weighted by Crippen LogP contribution is -3.00. The zero-order valence-electron chi connectivity index (χ0n) is 4.71. The second-order valence-electron chi connectivity index (χ2n) is 1.48. The van der Waals surface area contributed by atoms with E-state index >= 15 is 0 Å². The molecule has 0 spiro atoms. The Kier molecular flexibility index (Phi) is 3.39. The van der Waals surface area contributed by atoms with Crippen LogP contribution in [0.3, 0.4) is 0 Å². The highest BCUT2D eigenvalue weighted by atomic mass is 19.0. The van der Waals surface area contributed by atoms with E-state index in [2.05, 4.69) is 0 Å². The van der Waals surface area contributed by atoms with Crippen molar-refractivity contribution in [1.29, 1.82) is 0 Å². The maximum atomic E-state index is 8.29. The fourth-order valence-electron chi connectivity index (χ4n) is 0.513. The first-order valence-electron chi connectivity index (χ1n) is 2.38. The summed E-state index contributed by atoms with van der Waals surface area (Å²) >= 11 is 0. The van der Waals surface area contributed by atoms with Crippen molar-refractivity contribution in [1.82, 2.24) is 0 Å². The summed E-state index contributed by atoms with van der Waals surface area (Å²) in [6.45, 7) is 0. The molecule has 9 heavy (non-hydrogen) atoms. The lowest BCUT2D eigenvalue weighted by atomic mass is 10.3. The molecule has 0 atom stereocenters. The van der Waals surface area contributed by atoms with Gasteiger partial charge in [-0.05, 0) is 12.1 Å². The summed E-state index contributed by atoms with van der Waals surface area (Å²) in [6, 6.07) is 9.14. The molecule has 0 saturated carbocycles. The SMILES string of the molecule is ONc1ccccc1.[F-]. The molecule has 0 aromatic heterocycles. The van der Waals surface area contributed by atoms with Crippen LogP contribution in [0.4, 0.5) is 5.69 Å². The molecule has 3 heteroatoms. The van der Waals surface area contributed by atoms with Crippen molar-refractivity contribution in [2.75, 3.05) is 5.48 Å². The highest BCUT2D eigenvalue weighted by Gasteiger charge is 1.79. The molecule has 0 heterocycles. The van der Waals surface area contributed by atoms with Gasteiger partial charge in [-0.2, -0.15) is 0 Å². The first-order chi connectivity index (χ1) is 3.93. The van der Waals surface area contributed by atoms with Crippen molar-refractivity contribution in [3.8, 4) is 0 Å². The van der Waals surface area contributed by atoms with E-state index in [1.54, 1.807) is 12.1 Å². The monoisotopic (exact) mass is 128 g/mol. The molecule has 0 radical (unpaired) electrons. The number of nitrogens with one attached hydrogen (secondary N) is 1. The van der Waals surface area contributed by atoms with Gasteiger partial charge >= 0.3 is 0 Å².